The van der Waals surface area contributed by atoms with Crippen LogP contribution in [0.15, 0.2) is 75.5 Å². The first-order valence-corrected chi connectivity index (χ1v) is 14.9. The van der Waals surface area contributed by atoms with Gasteiger partial charge in [0.25, 0.3) is 0 Å². The first-order chi connectivity index (χ1) is 20.0. The van der Waals surface area contributed by atoms with Crippen molar-refractivity contribution >= 4 is 51.6 Å². The first kappa shape index (κ1) is 29.0. The molecule has 1 aliphatic carbocycles. The molecule has 2 aliphatic rings. The minimum absolute atomic E-state index is 0.00958. The molecule has 1 aliphatic heterocycles. The van der Waals surface area contributed by atoms with Crippen LogP contribution < -0.4 is 16.0 Å². The number of aromatic carboxylic acids is 1. The number of aryl methyl sites for hydroxylation is 1. The quantitative estimate of drug-likeness (QED) is 0.307. The maximum Gasteiger partial charge on any atom is 0.335 e. The number of carbonyl (C=O) groups is 3. The third-order valence-corrected chi connectivity index (χ3v) is 9.14. The molecule has 10 nitrogen and oxygen atoms in total. The lowest BCUT2D eigenvalue weighted by molar-refractivity contribution is -0.118. The van der Waals surface area contributed by atoms with Crippen LogP contribution in [0.3, 0.4) is 0 Å². The Hall–Kier alpha value is -4.47. The summed E-state index contributed by atoms with van der Waals surface area (Å²) in [7, 11) is 0. The average Bonchev–Trinajstić information content (AvgIpc) is 3.39. The summed E-state index contributed by atoms with van der Waals surface area (Å²) in [6.07, 6.45) is 0.901. The third-order valence-electron chi connectivity index (χ3n) is 7.10. The van der Waals surface area contributed by atoms with E-state index in [1.165, 1.54) is 23.5 Å². The highest BCUT2D eigenvalue weighted by atomic mass is 32.2. The van der Waals surface area contributed by atoms with Gasteiger partial charge >= 0.3 is 5.97 Å². The molecule has 1 amide bonds. The Morgan fingerprint density at radius 3 is 2.64 bits per heavy atom. The molecule has 2 heterocycles. The number of nitrogens with one attached hydrogen (secondary N) is 1. The Bertz CT molecular complexity index is 1700. The van der Waals surface area contributed by atoms with E-state index in [1.807, 2.05) is 45.0 Å². The number of thioether (sulfide) groups is 1. The summed E-state index contributed by atoms with van der Waals surface area (Å²) in [6.45, 7) is 6.03. The van der Waals surface area contributed by atoms with Gasteiger partial charge in [-0.05, 0) is 42.5 Å². The van der Waals surface area contributed by atoms with Crippen LogP contribution >= 0.6 is 23.1 Å². The van der Waals surface area contributed by atoms with Crippen LogP contribution in [0, 0.1) is 23.7 Å². The molecule has 3 aromatic rings. The topological polar surface area (TPSA) is 162 Å². The zero-order valence-electron chi connectivity index (χ0n) is 23.2. The van der Waals surface area contributed by atoms with Crippen molar-refractivity contribution in [1.29, 1.82) is 5.26 Å². The molecular weight excluding hydrogens is 573 g/mol. The van der Waals surface area contributed by atoms with Gasteiger partial charge in [0.2, 0.25) is 11.0 Å². The number of nitrogens with two attached hydrogens (primary N) is 1. The second-order valence-electron chi connectivity index (χ2n) is 11.0. The maximum absolute atomic E-state index is 13.7. The number of aromatic nitrogens is 2. The number of carbonyl (C=O) groups excluding carboxylic acids is 2. The number of hydrogen-bond acceptors (Lipinski definition) is 10. The SMILES string of the molecule is Cc1ccc(C2C(C#N)=C(N)N(c3nnc(SCC(=O)Nc4cccc(C(=O)O)c4)s3)C3=C2C(=O)CC(C)(C)C3)cc1. The number of anilines is 2. The van der Waals surface area contributed by atoms with Crippen molar-refractivity contribution in [2.24, 2.45) is 11.1 Å². The number of nitriles is 1. The molecule has 0 spiro atoms. The highest BCUT2D eigenvalue weighted by Gasteiger charge is 2.45. The standard InChI is InChI=1S/C30H28N6O4S2/c1-16-7-9-17(10-8-16)24-20(14-31)26(32)36(21-12-30(2,3)13-22(37)25(21)24)28-34-35-29(42-28)41-15-23(38)33-19-6-4-5-18(11-19)27(39)40/h4-11,24H,12-13,15,32H2,1-3H3,(H,33,38)(H,39,40). The Morgan fingerprint density at radius 1 is 1.21 bits per heavy atom. The van der Waals surface area contributed by atoms with Gasteiger partial charge in [0, 0.05) is 23.4 Å². The van der Waals surface area contributed by atoms with Gasteiger partial charge in [-0.25, -0.2) is 4.79 Å². The van der Waals surface area contributed by atoms with Crippen molar-refractivity contribution < 1.29 is 19.5 Å². The Kier molecular flexibility index (Phi) is 7.90. The molecule has 0 saturated heterocycles. The van der Waals surface area contributed by atoms with Crippen LogP contribution in [0.5, 0.6) is 0 Å². The van der Waals surface area contributed by atoms with Crippen LogP contribution in [0.1, 0.15) is 54.1 Å². The normalized spacial score (nSPS) is 18.0. The minimum atomic E-state index is -1.08. The Balaban J connectivity index is 1.43. The predicted molar refractivity (Wildman–Crippen MR) is 161 cm³/mol. The van der Waals surface area contributed by atoms with Crippen LogP contribution in [0.25, 0.3) is 0 Å². The molecule has 12 heteroatoms. The van der Waals surface area contributed by atoms with Crippen LogP contribution in [-0.2, 0) is 9.59 Å². The summed E-state index contributed by atoms with van der Waals surface area (Å²) in [5.74, 6) is -1.81. The molecule has 4 N–H and O–H groups in total. The number of nitrogens with zero attached hydrogens (tertiary/aromatic N) is 4. The van der Waals surface area contributed by atoms with Gasteiger partial charge in [-0.2, -0.15) is 5.26 Å². The van der Waals surface area contributed by atoms with Gasteiger partial charge in [0.05, 0.1) is 28.9 Å². The van der Waals surface area contributed by atoms with Gasteiger partial charge in [0.1, 0.15) is 5.82 Å². The van der Waals surface area contributed by atoms with Crippen molar-refractivity contribution in [2.75, 3.05) is 16.0 Å². The van der Waals surface area contributed by atoms with Gasteiger partial charge in [0.15, 0.2) is 10.1 Å². The molecule has 1 aromatic heterocycles. The summed E-state index contributed by atoms with van der Waals surface area (Å²) in [5.41, 5.74) is 10.2. The molecule has 0 saturated carbocycles. The number of ketones is 1. The van der Waals surface area contributed by atoms with Crippen molar-refractivity contribution in [3.8, 4) is 6.07 Å². The second-order valence-corrected chi connectivity index (χ2v) is 13.1. The first-order valence-electron chi connectivity index (χ1n) is 13.1. The lowest BCUT2D eigenvalue weighted by Crippen LogP contribution is -2.42. The van der Waals surface area contributed by atoms with E-state index in [9.17, 15) is 19.6 Å². The lowest BCUT2D eigenvalue weighted by atomic mass is 9.68. The van der Waals surface area contributed by atoms with E-state index < -0.39 is 11.9 Å². The van der Waals surface area contributed by atoms with Crippen LogP contribution in [-0.4, -0.2) is 38.7 Å². The number of amides is 1. The largest absolute Gasteiger partial charge is 0.478 e. The lowest BCUT2D eigenvalue weighted by Gasteiger charge is -2.42. The number of allylic oxidation sites excluding steroid dienone is 3. The highest BCUT2D eigenvalue weighted by Crippen LogP contribution is 2.50. The van der Waals surface area contributed by atoms with E-state index >= 15 is 0 Å². The molecule has 5 rings (SSSR count). The molecule has 1 unspecified atom stereocenters. The van der Waals surface area contributed by atoms with Gasteiger partial charge in [-0.1, -0.05) is 72.8 Å². The molecule has 1 atom stereocenters. The minimum Gasteiger partial charge on any atom is -0.478 e. The smallest absolute Gasteiger partial charge is 0.335 e. The van der Waals surface area contributed by atoms with Crippen LogP contribution in [0.4, 0.5) is 10.8 Å². The molecule has 0 bridgehead atoms. The van der Waals surface area contributed by atoms with E-state index in [4.69, 9.17) is 10.8 Å². The average molecular weight is 601 g/mol. The van der Waals surface area contributed by atoms with Crippen molar-refractivity contribution in [1.82, 2.24) is 10.2 Å². The van der Waals surface area contributed by atoms with E-state index in [0.29, 0.717) is 39.3 Å². The molecular formula is C30H28N6O4S2. The van der Waals surface area contributed by atoms with Crippen molar-refractivity contribution in [2.45, 2.75) is 43.9 Å². The zero-order chi connectivity index (χ0) is 30.2. The summed E-state index contributed by atoms with van der Waals surface area (Å²) in [6, 6.07) is 16.0. The summed E-state index contributed by atoms with van der Waals surface area (Å²) in [5, 5.41) is 31.1. The van der Waals surface area contributed by atoms with Crippen LogP contribution in [0.2, 0.25) is 0 Å². The number of benzene rings is 2. The fraction of sp³-hybridized carbons (Fsp3) is 0.267. The Labute approximate surface area is 250 Å². The third kappa shape index (κ3) is 5.79. The second kappa shape index (κ2) is 11.4. The van der Waals surface area contributed by atoms with Gasteiger partial charge in [-0.15, -0.1) is 10.2 Å². The number of hydrogen-bond donors (Lipinski definition) is 3. The molecule has 0 fully saturated rings. The molecule has 42 heavy (non-hydrogen) atoms. The fourth-order valence-corrected chi connectivity index (χ4v) is 6.91. The predicted octanol–water partition coefficient (Wildman–Crippen LogP) is 5.22. The molecule has 2 aromatic carbocycles. The summed E-state index contributed by atoms with van der Waals surface area (Å²) < 4.78 is 0.495. The molecule has 0 radical (unpaired) electrons. The molecule has 214 valence electrons. The number of rotatable bonds is 7. The number of carboxylic acid groups (broad SMARTS) is 1. The van der Waals surface area contributed by atoms with Crippen molar-refractivity contribution in [3.63, 3.8) is 0 Å². The van der Waals surface area contributed by atoms with E-state index in [-0.39, 0.29) is 39.8 Å². The van der Waals surface area contributed by atoms with E-state index in [1.54, 1.807) is 17.0 Å². The Morgan fingerprint density at radius 2 is 1.95 bits per heavy atom. The van der Waals surface area contributed by atoms with E-state index in [2.05, 4.69) is 21.6 Å². The van der Waals surface area contributed by atoms with Crippen molar-refractivity contribution in [3.05, 3.63) is 87.9 Å². The maximum atomic E-state index is 13.7. The monoisotopic (exact) mass is 600 g/mol. The highest BCUT2D eigenvalue weighted by molar-refractivity contribution is 8.01. The summed E-state index contributed by atoms with van der Waals surface area (Å²) >= 11 is 2.37. The van der Waals surface area contributed by atoms with Gasteiger partial charge < -0.3 is 16.2 Å². The van der Waals surface area contributed by atoms with E-state index in [0.717, 1.165) is 22.9 Å². The van der Waals surface area contributed by atoms with Gasteiger partial charge in [-0.3, -0.25) is 14.5 Å². The fourth-order valence-electron chi connectivity index (χ4n) is 5.23. The number of Topliss-reactive ketones (excluding diaryl/α,β-unsaturated/α-hetero) is 1. The number of carboxylic acids is 1. The zero-order valence-corrected chi connectivity index (χ0v) is 24.8. The summed E-state index contributed by atoms with van der Waals surface area (Å²) in [4.78, 5) is 39.1.